The Bertz CT molecular complexity index is 961. The number of nitrogens with zero attached hydrogens (tertiary/aromatic N) is 2. The van der Waals surface area contributed by atoms with Crippen molar-refractivity contribution in [1.29, 1.82) is 0 Å². The van der Waals surface area contributed by atoms with Gasteiger partial charge in [0.1, 0.15) is 17.2 Å². The lowest BCUT2D eigenvalue weighted by Gasteiger charge is -1.98. The number of hydrogen-bond acceptors (Lipinski definition) is 3. The van der Waals surface area contributed by atoms with Crippen LogP contribution in [0, 0.1) is 6.92 Å². The van der Waals surface area contributed by atoms with E-state index in [0.717, 1.165) is 27.9 Å². The largest absolute Gasteiger partial charge is 0.350 e. The molecule has 122 valence electrons. The maximum Gasteiger partial charge on any atom is 0.350 e. The van der Waals surface area contributed by atoms with Gasteiger partial charge in [-0.3, -0.25) is 0 Å². The molecular formula is C21H18N3S+. The van der Waals surface area contributed by atoms with Gasteiger partial charge < -0.3 is 5.32 Å². The van der Waals surface area contributed by atoms with Crippen LogP contribution in [0.15, 0.2) is 84.9 Å². The zero-order chi connectivity index (χ0) is 17.1. The predicted octanol–water partition coefficient (Wildman–Crippen LogP) is 5.14. The molecule has 0 radical (unpaired) electrons. The van der Waals surface area contributed by atoms with E-state index >= 15 is 0 Å². The topological polar surface area (TPSA) is 28.8 Å². The van der Waals surface area contributed by atoms with E-state index in [4.69, 9.17) is 4.98 Å². The fraction of sp³-hybridized carbons (Fsp3) is 0.0476. The van der Waals surface area contributed by atoms with Crippen molar-refractivity contribution in [1.82, 2.24) is 4.98 Å². The van der Waals surface area contributed by atoms with Gasteiger partial charge in [0.25, 0.3) is 0 Å². The van der Waals surface area contributed by atoms with Crippen molar-refractivity contribution in [2.75, 3.05) is 5.32 Å². The Hall–Kier alpha value is -2.98. The van der Waals surface area contributed by atoms with Gasteiger partial charge in [0.15, 0.2) is 0 Å². The van der Waals surface area contributed by atoms with Gasteiger partial charge in [0, 0.05) is 5.69 Å². The normalized spacial score (nSPS) is 10.6. The van der Waals surface area contributed by atoms with E-state index < -0.39 is 0 Å². The molecule has 0 atom stereocenters. The molecule has 4 aromatic rings. The molecule has 0 aliphatic carbocycles. The minimum absolute atomic E-state index is 0.866. The maximum atomic E-state index is 4.84. The number of benzene rings is 3. The minimum atomic E-state index is 0.866. The number of hydrogen-bond donors (Lipinski definition) is 1. The second-order valence-corrected chi connectivity index (χ2v) is 6.75. The number of nitrogens with one attached hydrogen (secondary N) is 1. The second-order valence-electron chi connectivity index (χ2n) is 5.82. The van der Waals surface area contributed by atoms with Crippen LogP contribution in [0.3, 0.4) is 0 Å². The summed E-state index contributed by atoms with van der Waals surface area (Å²) in [7, 11) is 0. The molecule has 0 fully saturated rings. The zero-order valence-corrected chi connectivity index (χ0v) is 14.7. The minimum Gasteiger partial charge on any atom is -0.308 e. The smallest absolute Gasteiger partial charge is 0.308 e. The summed E-state index contributed by atoms with van der Waals surface area (Å²) in [5.74, 6) is 0.938. The first-order valence-electron chi connectivity index (χ1n) is 8.17. The molecule has 0 aliphatic rings. The van der Waals surface area contributed by atoms with Crippen LogP contribution in [0.1, 0.15) is 5.56 Å². The highest BCUT2D eigenvalue weighted by atomic mass is 32.1. The quantitative estimate of drug-likeness (QED) is 0.519. The lowest BCUT2D eigenvalue weighted by Crippen LogP contribution is -2.27. The third-order valence-corrected chi connectivity index (χ3v) is 4.84. The van der Waals surface area contributed by atoms with E-state index in [1.54, 1.807) is 11.5 Å². The van der Waals surface area contributed by atoms with Crippen LogP contribution in [0.4, 0.5) is 10.8 Å². The SMILES string of the molecule is Cc1ccc(-[n+]2sc(Nc3ccccc3)nc2-c2ccccc2)cc1. The Morgan fingerprint density at radius 2 is 1.44 bits per heavy atom. The van der Waals surface area contributed by atoms with Crippen molar-refractivity contribution in [3.63, 3.8) is 0 Å². The molecule has 4 heteroatoms. The van der Waals surface area contributed by atoms with Gasteiger partial charge >= 0.3 is 11.0 Å². The summed E-state index contributed by atoms with van der Waals surface area (Å²) in [4.78, 5) is 4.84. The molecule has 0 amide bonds. The van der Waals surface area contributed by atoms with Gasteiger partial charge in [-0.2, -0.15) is 0 Å². The monoisotopic (exact) mass is 344 g/mol. The van der Waals surface area contributed by atoms with Crippen LogP contribution in [-0.4, -0.2) is 4.98 Å². The summed E-state index contributed by atoms with van der Waals surface area (Å²) >= 11 is 1.60. The molecule has 3 aromatic carbocycles. The highest BCUT2D eigenvalue weighted by Crippen LogP contribution is 2.24. The van der Waals surface area contributed by atoms with E-state index in [2.05, 4.69) is 52.6 Å². The van der Waals surface area contributed by atoms with Gasteiger partial charge in [0.2, 0.25) is 0 Å². The van der Waals surface area contributed by atoms with Crippen molar-refractivity contribution in [3.05, 3.63) is 90.5 Å². The van der Waals surface area contributed by atoms with Crippen LogP contribution in [0.25, 0.3) is 17.1 Å². The lowest BCUT2D eigenvalue weighted by molar-refractivity contribution is -0.509. The average Bonchev–Trinajstić information content (AvgIpc) is 3.08. The van der Waals surface area contributed by atoms with E-state index in [9.17, 15) is 0 Å². The zero-order valence-electron chi connectivity index (χ0n) is 13.9. The van der Waals surface area contributed by atoms with Gasteiger partial charge in [-0.25, -0.2) is 0 Å². The molecule has 0 aliphatic heterocycles. The first-order chi connectivity index (χ1) is 12.3. The maximum absolute atomic E-state index is 4.84. The summed E-state index contributed by atoms with van der Waals surface area (Å²) in [5.41, 5.74) is 4.49. The van der Waals surface area contributed by atoms with Crippen LogP contribution < -0.4 is 9.27 Å². The van der Waals surface area contributed by atoms with Crippen LogP contribution in [-0.2, 0) is 0 Å². The molecule has 4 rings (SSSR count). The van der Waals surface area contributed by atoms with Crippen LogP contribution >= 0.6 is 11.5 Å². The summed E-state index contributed by atoms with van der Waals surface area (Å²) in [6.45, 7) is 2.10. The van der Waals surface area contributed by atoms with Crippen molar-refractivity contribution < 1.29 is 3.96 Å². The van der Waals surface area contributed by atoms with Gasteiger partial charge in [-0.05, 0) is 48.3 Å². The van der Waals surface area contributed by atoms with E-state index in [-0.39, 0.29) is 0 Å². The predicted molar refractivity (Wildman–Crippen MR) is 104 cm³/mol. The van der Waals surface area contributed by atoms with Crippen molar-refractivity contribution in [3.8, 4) is 17.1 Å². The van der Waals surface area contributed by atoms with Crippen LogP contribution in [0.2, 0.25) is 0 Å². The summed E-state index contributed by atoms with van der Waals surface area (Å²) in [6.07, 6.45) is 0. The van der Waals surface area contributed by atoms with Gasteiger partial charge in [-0.1, -0.05) is 54.1 Å². The second kappa shape index (κ2) is 6.87. The Morgan fingerprint density at radius 1 is 0.800 bits per heavy atom. The standard InChI is InChI=1S/C21H17N3S/c1-16-12-14-19(15-13-16)24-20(17-8-4-2-5-9-17)23-21(25-24)22-18-10-6-3-7-11-18/h2-15H,1H3/p+1. The third kappa shape index (κ3) is 3.44. The molecule has 0 spiro atoms. The molecule has 1 N–H and O–H groups in total. The van der Waals surface area contributed by atoms with E-state index in [0.29, 0.717) is 0 Å². The number of aryl methyl sites for hydroxylation is 1. The Kier molecular flexibility index (Phi) is 4.27. The Balaban J connectivity index is 1.79. The van der Waals surface area contributed by atoms with Gasteiger partial charge in [-0.15, -0.1) is 3.96 Å². The summed E-state index contributed by atoms with van der Waals surface area (Å²) < 4.78 is 2.17. The fourth-order valence-electron chi connectivity index (χ4n) is 2.61. The van der Waals surface area contributed by atoms with Crippen molar-refractivity contribution >= 4 is 22.4 Å². The lowest BCUT2D eigenvalue weighted by atomic mass is 10.2. The Labute approximate surface area is 151 Å². The molecule has 25 heavy (non-hydrogen) atoms. The van der Waals surface area contributed by atoms with Gasteiger partial charge in [0.05, 0.1) is 5.56 Å². The average molecular weight is 344 g/mol. The molecule has 0 saturated heterocycles. The number of anilines is 2. The molecule has 1 heterocycles. The Morgan fingerprint density at radius 3 is 2.12 bits per heavy atom. The number of para-hydroxylation sites is 1. The number of rotatable bonds is 4. The molecule has 3 nitrogen and oxygen atoms in total. The van der Waals surface area contributed by atoms with Crippen molar-refractivity contribution in [2.45, 2.75) is 6.92 Å². The first kappa shape index (κ1) is 15.5. The van der Waals surface area contributed by atoms with Crippen molar-refractivity contribution in [2.24, 2.45) is 0 Å². The molecule has 0 bridgehead atoms. The molecule has 1 aromatic heterocycles. The first-order valence-corrected chi connectivity index (χ1v) is 8.95. The summed E-state index contributed by atoms with van der Waals surface area (Å²) in [5, 5.41) is 4.27. The third-order valence-electron chi connectivity index (χ3n) is 3.90. The molecule has 0 saturated carbocycles. The molecular weight excluding hydrogens is 326 g/mol. The highest BCUT2D eigenvalue weighted by Gasteiger charge is 2.24. The summed E-state index contributed by atoms with van der Waals surface area (Å²) in [6, 6.07) is 28.9. The van der Waals surface area contributed by atoms with E-state index in [1.807, 2.05) is 48.5 Å². The van der Waals surface area contributed by atoms with E-state index in [1.165, 1.54) is 5.56 Å². The fourth-order valence-corrected chi connectivity index (χ4v) is 3.54. The van der Waals surface area contributed by atoms with Crippen LogP contribution in [0.5, 0.6) is 0 Å². The molecule has 0 unspecified atom stereocenters. The highest BCUT2D eigenvalue weighted by molar-refractivity contribution is 7.06. The number of aromatic nitrogens is 2.